The molecule has 130 valence electrons. The van der Waals surface area contributed by atoms with E-state index in [0.29, 0.717) is 6.54 Å². The molecule has 26 heavy (non-hydrogen) atoms. The molecule has 1 aliphatic carbocycles. The Labute approximate surface area is 154 Å². The summed E-state index contributed by atoms with van der Waals surface area (Å²) in [6, 6.07) is 31.1. The van der Waals surface area contributed by atoms with Crippen LogP contribution in [0.1, 0.15) is 23.1 Å². The van der Waals surface area contributed by atoms with Gasteiger partial charge in [0.25, 0.3) is 0 Å². The van der Waals surface area contributed by atoms with Gasteiger partial charge in [0.15, 0.2) is 0 Å². The van der Waals surface area contributed by atoms with Gasteiger partial charge >= 0.3 is 0 Å². The molecule has 0 unspecified atom stereocenters. The third kappa shape index (κ3) is 3.15. The second kappa shape index (κ2) is 7.17. The maximum atomic E-state index is 12.8. The zero-order valence-corrected chi connectivity index (χ0v) is 14.8. The first-order valence-electron chi connectivity index (χ1n) is 9.23. The normalized spacial score (nSPS) is 17.5. The predicted molar refractivity (Wildman–Crippen MR) is 105 cm³/mol. The molecule has 0 saturated heterocycles. The average molecular weight is 341 g/mol. The Hall–Kier alpha value is -2.87. The first-order chi connectivity index (χ1) is 12.8. The van der Waals surface area contributed by atoms with Crippen molar-refractivity contribution in [2.24, 2.45) is 5.92 Å². The fraction of sp³-hybridized carbons (Fsp3) is 0.208. The summed E-state index contributed by atoms with van der Waals surface area (Å²) in [7, 11) is 0. The fourth-order valence-electron chi connectivity index (χ4n) is 3.95. The number of amides is 1. The Kier molecular flexibility index (Phi) is 4.57. The Morgan fingerprint density at radius 1 is 0.808 bits per heavy atom. The lowest BCUT2D eigenvalue weighted by molar-refractivity contribution is -0.122. The minimum absolute atomic E-state index is 0.00285. The number of hydrogen-bond donors (Lipinski definition) is 1. The molecule has 0 radical (unpaired) electrons. The molecular formula is C24H23NO. The van der Waals surface area contributed by atoms with Crippen molar-refractivity contribution >= 4 is 5.91 Å². The van der Waals surface area contributed by atoms with Crippen LogP contribution in [0.25, 0.3) is 0 Å². The predicted octanol–water partition coefficient (Wildman–Crippen LogP) is 4.35. The van der Waals surface area contributed by atoms with Crippen LogP contribution in [-0.4, -0.2) is 12.5 Å². The second-order valence-corrected chi connectivity index (χ2v) is 6.99. The van der Waals surface area contributed by atoms with Crippen LogP contribution in [0.4, 0.5) is 0 Å². The van der Waals surface area contributed by atoms with Crippen molar-refractivity contribution in [2.45, 2.75) is 18.3 Å². The summed E-state index contributed by atoms with van der Waals surface area (Å²) in [5, 5.41) is 3.15. The molecule has 1 fully saturated rings. The summed E-state index contributed by atoms with van der Waals surface area (Å²) in [5.74, 6) is 0.164. The summed E-state index contributed by atoms with van der Waals surface area (Å²) < 4.78 is 0. The number of rotatable bonds is 6. The molecule has 0 aromatic heterocycles. The first-order valence-corrected chi connectivity index (χ1v) is 9.23. The number of carbonyl (C=O) groups is 1. The molecule has 3 aromatic rings. The van der Waals surface area contributed by atoms with Crippen molar-refractivity contribution in [3.63, 3.8) is 0 Å². The summed E-state index contributed by atoms with van der Waals surface area (Å²) in [6.45, 7) is 0.680. The van der Waals surface area contributed by atoms with E-state index in [4.69, 9.17) is 0 Å². The van der Waals surface area contributed by atoms with Gasteiger partial charge in [0, 0.05) is 12.0 Å². The molecule has 1 aliphatic rings. The minimum atomic E-state index is -0.181. The van der Waals surface area contributed by atoms with Gasteiger partial charge in [-0.3, -0.25) is 4.79 Å². The molecule has 1 atom stereocenters. The van der Waals surface area contributed by atoms with Crippen molar-refractivity contribution in [3.8, 4) is 0 Å². The van der Waals surface area contributed by atoms with Crippen LogP contribution >= 0.6 is 0 Å². The van der Waals surface area contributed by atoms with Gasteiger partial charge in [0.2, 0.25) is 5.91 Å². The van der Waals surface area contributed by atoms with Crippen molar-refractivity contribution in [1.82, 2.24) is 5.32 Å². The molecule has 2 heteroatoms. The van der Waals surface area contributed by atoms with E-state index in [1.807, 2.05) is 30.3 Å². The standard InChI is InChI=1S/C24H23NO/c26-23(25-17-16-19-10-4-1-5-11-19)22-18-24(22,20-12-6-2-7-13-20)21-14-8-3-9-15-21/h1-15,22H,16-18H2,(H,25,26)/t22-/m1/s1. The molecule has 3 aromatic carbocycles. The Bertz CT molecular complexity index is 819. The highest BCUT2D eigenvalue weighted by atomic mass is 16.2. The van der Waals surface area contributed by atoms with Crippen molar-refractivity contribution in [3.05, 3.63) is 108 Å². The number of benzene rings is 3. The van der Waals surface area contributed by atoms with Crippen LogP contribution in [0, 0.1) is 5.92 Å². The van der Waals surface area contributed by atoms with Gasteiger partial charge in [-0.25, -0.2) is 0 Å². The Morgan fingerprint density at radius 2 is 1.31 bits per heavy atom. The molecule has 2 nitrogen and oxygen atoms in total. The third-order valence-electron chi connectivity index (χ3n) is 5.41. The number of hydrogen-bond acceptors (Lipinski definition) is 1. The maximum Gasteiger partial charge on any atom is 0.224 e. The van der Waals surface area contributed by atoms with Crippen molar-refractivity contribution in [1.29, 1.82) is 0 Å². The van der Waals surface area contributed by atoms with Gasteiger partial charge in [-0.2, -0.15) is 0 Å². The van der Waals surface area contributed by atoms with E-state index in [0.717, 1.165) is 12.8 Å². The summed E-state index contributed by atoms with van der Waals surface area (Å²) in [6.07, 6.45) is 1.74. The van der Waals surface area contributed by atoms with Gasteiger partial charge in [-0.1, -0.05) is 91.0 Å². The maximum absolute atomic E-state index is 12.8. The monoisotopic (exact) mass is 341 g/mol. The molecule has 1 N–H and O–H groups in total. The van der Waals surface area contributed by atoms with E-state index in [1.165, 1.54) is 16.7 Å². The lowest BCUT2D eigenvalue weighted by Crippen LogP contribution is -2.30. The average Bonchev–Trinajstić information content (AvgIpc) is 3.47. The van der Waals surface area contributed by atoms with Gasteiger partial charge in [0.05, 0.1) is 5.92 Å². The van der Waals surface area contributed by atoms with Crippen molar-refractivity contribution in [2.75, 3.05) is 6.54 Å². The zero-order valence-electron chi connectivity index (χ0n) is 14.8. The highest BCUT2D eigenvalue weighted by Crippen LogP contribution is 2.58. The van der Waals surface area contributed by atoms with Crippen LogP contribution in [0.15, 0.2) is 91.0 Å². The molecule has 1 amide bonds. The highest BCUT2D eigenvalue weighted by molar-refractivity contribution is 5.86. The van der Waals surface area contributed by atoms with E-state index in [-0.39, 0.29) is 17.2 Å². The van der Waals surface area contributed by atoms with E-state index >= 15 is 0 Å². The fourth-order valence-corrected chi connectivity index (χ4v) is 3.95. The third-order valence-corrected chi connectivity index (χ3v) is 5.41. The van der Waals surface area contributed by atoms with E-state index < -0.39 is 0 Å². The van der Waals surface area contributed by atoms with Crippen LogP contribution in [0.5, 0.6) is 0 Å². The van der Waals surface area contributed by atoms with Gasteiger partial charge in [-0.15, -0.1) is 0 Å². The molecule has 4 rings (SSSR count). The smallest absolute Gasteiger partial charge is 0.224 e. The SMILES string of the molecule is O=C(NCCc1ccccc1)[C@H]1CC1(c1ccccc1)c1ccccc1. The van der Waals surface area contributed by atoms with Crippen molar-refractivity contribution < 1.29 is 4.79 Å². The quantitative estimate of drug-likeness (QED) is 0.709. The number of nitrogens with one attached hydrogen (secondary N) is 1. The summed E-state index contributed by atoms with van der Waals surface area (Å²) >= 11 is 0. The van der Waals surface area contributed by atoms with Gasteiger partial charge in [0.1, 0.15) is 0 Å². The number of carbonyl (C=O) groups excluding carboxylic acids is 1. The molecule has 1 saturated carbocycles. The van der Waals surface area contributed by atoms with Crippen LogP contribution in [0.3, 0.4) is 0 Å². The molecular weight excluding hydrogens is 318 g/mol. The highest BCUT2D eigenvalue weighted by Gasteiger charge is 2.59. The summed E-state index contributed by atoms with van der Waals surface area (Å²) in [5.41, 5.74) is 3.53. The van der Waals surface area contributed by atoms with E-state index in [1.54, 1.807) is 0 Å². The van der Waals surface area contributed by atoms with E-state index in [2.05, 4.69) is 66.0 Å². The van der Waals surface area contributed by atoms with E-state index in [9.17, 15) is 4.79 Å². The van der Waals surface area contributed by atoms with Crippen LogP contribution < -0.4 is 5.32 Å². The first kappa shape index (κ1) is 16.6. The lowest BCUT2D eigenvalue weighted by atomic mass is 9.85. The lowest BCUT2D eigenvalue weighted by Gasteiger charge is -2.19. The largest absolute Gasteiger partial charge is 0.355 e. The minimum Gasteiger partial charge on any atom is -0.355 e. The van der Waals surface area contributed by atoms with Gasteiger partial charge < -0.3 is 5.32 Å². The zero-order chi connectivity index (χ0) is 17.8. The van der Waals surface area contributed by atoms with Crippen LogP contribution in [0.2, 0.25) is 0 Å². The van der Waals surface area contributed by atoms with Gasteiger partial charge in [-0.05, 0) is 29.5 Å². The van der Waals surface area contributed by atoms with Crippen LogP contribution in [-0.2, 0) is 16.6 Å². The summed E-state index contributed by atoms with van der Waals surface area (Å²) in [4.78, 5) is 12.8. The molecule has 0 heterocycles. The molecule has 0 bridgehead atoms. The molecule has 0 spiro atoms. The molecule has 0 aliphatic heterocycles. The Morgan fingerprint density at radius 3 is 1.85 bits per heavy atom. The second-order valence-electron chi connectivity index (χ2n) is 6.99. The topological polar surface area (TPSA) is 29.1 Å². The Balaban J connectivity index is 1.49.